The van der Waals surface area contributed by atoms with Crippen LogP contribution in [0, 0.1) is 0 Å². The van der Waals surface area contributed by atoms with Crippen LogP contribution in [0.4, 0.5) is 5.69 Å². The second-order valence-corrected chi connectivity index (χ2v) is 7.16. The van der Waals surface area contributed by atoms with Crippen molar-refractivity contribution in [2.45, 2.75) is 31.3 Å². The summed E-state index contributed by atoms with van der Waals surface area (Å²) in [7, 11) is 0. The molecule has 1 fully saturated rings. The van der Waals surface area contributed by atoms with Gasteiger partial charge in [-0.25, -0.2) is 9.98 Å². The van der Waals surface area contributed by atoms with Crippen molar-refractivity contribution in [1.82, 2.24) is 24.7 Å². The lowest BCUT2D eigenvalue weighted by atomic mass is 10.1. The predicted octanol–water partition coefficient (Wildman–Crippen LogP) is 1.56. The molecule has 0 unspecified atom stereocenters. The number of pyridine rings is 1. The van der Waals surface area contributed by atoms with E-state index in [2.05, 4.69) is 20.2 Å². The molecule has 30 heavy (non-hydrogen) atoms. The van der Waals surface area contributed by atoms with E-state index in [9.17, 15) is 10.2 Å². The molecule has 4 aromatic rings. The number of aromatic amines is 1. The summed E-state index contributed by atoms with van der Waals surface area (Å²) in [5.74, 6) is 0.413. The quantitative estimate of drug-likeness (QED) is 0.476. The summed E-state index contributed by atoms with van der Waals surface area (Å²) in [6.45, 7) is 1.72. The molecule has 0 saturated carbocycles. The number of hydrogen-bond donors (Lipinski definition) is 3. The Kier molecular flexibility index (Phi) is 4.62. The van der Waals surface area contributed by atoms with Crippen LogP contribution in [0.2, 0.25) is 0 Å². The number of rotatable bonds is 3. The van der Waals surface area contributed by atoms with Crippen LogP contribution in [0.1, 0.15) is 18.9 Å². The zero-order valence-electron chi connectivity index (χ0n) is 16.1. The van der Waals surface area contributed by atoms with Gasteiger partial charge in [0.1, 0.15) is 24.1 Å². The molecule has 0 spiro atoms. The average molecular weight is 404 g/mol. The average Bonchev–Trinajstić information content (AvgIpc) is 3.35. The molecule has 3 N–H and O–H groups in total. The summed E-state index contributed by atoms with van der Waals surface area (Å²) in [6.07, 6.45) is 1.48. The van der Waals surface area contributed by atoms with Gasteiger partial charge in [-0.2, -0.15) is 5.10 Å². The summed E-state index contributed by atoms with van der Waals surface area (Å²) in [4.78, 5) is 13.6. The smallest absolute Gasteiger partial charge is 0.161 e. The van der Waals surface area contributed by atoms with E-state index in [1.165, 1.54) is 0 Å². The maximum Gasteiger partial charge on any atom is 0.161 e. The topological polar surface area (TPSA) is 121 Å². The molecule has 9 heteroatoms. The molecule has 3 aromatic heterocycles. The van der Waals surface area contributed by atoms with Crippen molar-refractivity contribution >= 4 is 16.7 Å². The highest BCUT2D eigenvalue weighted by atomic mass is 16.5. The highest BCUT2D eigenvalue weighted by Gasteiger charge is 2.43. The SMILES string of the molecule is C[C@@H]1O[C@@H](c2nc3[nH]ncc3c(=Nc3cccnc3)n2-c2ccccc2)[C@H](O)[C@@H]1O. The molecule has 5 rings (SSSR count). The van der Waals surface area contributed by atoms with Crippen LogP contribution < -0.4 is 5.49 Å². The second kappa shape index (κ2) is 7.45. The molecule has 0 bridgehead atoms. The van der Waals surface area contributed by atoms with Crippen LogP contribution in [0.3, 0.4) is 0 Å². The molecule has 1 saturated heterocycles. The van der Waals surface area contributed by atoms with Gasteiger partial charge in [-0.1, -0.05) is 18.2 Å². The Balaban J connectivity index is 1.86. The molecule has 1 aliphatic rings. The fraction of sp³-hybridized carbons (Fsp3) is 0.238. The van der Waals surface area contributed by atoms with E-state index in [4.69, 9.17) is 9.73 Å². The highest BCUT2D eigenvalue weighted by molar-refractivity contribution is 5.73. The molecule has 0 aliphatic carbocycles. The first-order valence-electron chi connectivity index (χ1n) is 9.61. The van der Waals surface area contributed by atoms with Crippen molar-refractivity contribution in [3.8, 4) is 5.69 Å². The van der Waals surface area contributed by atoms with Crippen molar-refractivity contribution in [3.63, 3.8) is 0 Å². The normalized spacial score (nSPS) is 24.6. The predicted molar refractivity (Wildman–Crippen MR) is 108 cm³/mol. The lowest BCUT2D eigenvalue weighted by Gasteiger charge is -2.20. The summed E-state index contributed by atoms with van der Waals surface area (Å²) >= 11 is 0. The summed E-state index contributed by atoms with van der Waals surface area (Å²) in [5.41, 5.74) is 2.51. The molecular weight excluding hydrogens is 384 g/mol. The second-order valence-electron chi connectivity index (χ2n) is 7.16. The van der Waals surface area contributed by atoms with Crippen LogP contribution in [-0.4, -0.2) is 53.3 Å². The Morgan fingerprint density at radius 3 is 2.60 bits per heavy atom. The monoisotopic (exact) mass is 404 g/mol. The molecule has 0 amide bonds. The number of nitrogens with zero attached hydrogens (tertiary/aromatic N) is 5. The Morgan fingerprint density at radius 1 is 1.07 bits per heavy atom. The number of H-pyrrole nitrogens is 1. The van der Waals surface area contributed by atoms with Gasteiger partial charge in [-0.15, -0.1) is 0 Å². The Labute approximate surface area is 171 Å². The van der Waals surface area contributed by atoms with E-state index in [0.29, 0.717) is 28.0 Å². The molecule has 4 atom stereocenters. The first-order chi connectivity index (χ1) is 14.6. The molecule has 9 nitrogen and oxygen atoms in total. The van der Waals surface area contributed by atoms with E-state index >= 15 is 0 Å². The number of aliphatic hydroxyl groups excluding tert-OH is 2. The fourth-order valence-corrected chi connectivity index (χ4v) is 3.66. The maximum absolute atomic E-state index is 10.7. The summed E-state index contributed by atoms with van der Waals surface area (Å²) in [5, 5.41) is 28.6. The minimum atomic E-state index is -1.13. The summed E-state index contributed by atoms with van der Waals surface area (Å²) < 4.78 is 7.72. The van der Waals surface area contributed by atoms with Gasteiger partial charge < -0.3 is 14.9 Å². The Hall–Kier alpha value is -3.40. The number of aromatic nitrogens is 5. The van der Waals surface area contributed by atoms with Gasteiger partial charge in [-0.05, 0) is 31.2 Å². The lowest BCUT2D eigenvalue weighted by molar-refractivity contribution is 0.00822. The van der Waals surface area contributed by atoms with Crippen LogP contribution in [-0.2, 0) is 4.74 Å². The third-order valence-corrected chi connectivity index (χ3v) is 5.18. The minimum Gasteiger partial charge on any atom is -0.388 e. The third-order valence-electron chi connectivity index (χ3n) is 5.18. The molecular formula is C21H20N6O3. The Bertz CT molecular complexity index is 1240. The highest BCUT2D eigenvalue weighted by Crippen LogP contribution is 2.33. The van der Waals surface area contributed by atoms with Crippen LogP contribution in [0.25, 0.3) is 16.7 Å². The first-order valence-corrected chi connectivity index (χ1v) is 9.61. The molecule has 4 heterocycles. The number of benzene rings is 1. The van der Waals surface area contributed by atoms with Gasteiger partial charge in [0.15, 0.2) is 11.1 Å². The zero-order valence-corrected chi connectivity index (χ0v) is 16.1. The van der Waals surface area contributed by atoms with Crippen molar-refractivity contribution in [1.29, 1.82) is 0 Å². The minimum absolute atomic E-state index is 0.413. The van der Waals surface area contributed by atoms with E-state index in [1.54, 1.807) is 25.5 Å². The first kappa shape index (κ1) is 18.6. The van der Waals surface area contributed by atoms with Gasteiger partial charge in [0, 0.05) is 11.9 Å². The van der Waals surface area contributed by atoms with E-state index in [0.717, 1.165) is 5.69 Å². The van der Waals surface area contributed by atoms with Gasteiger partial charge >= 0.3 is 0 Å². The number of fused-ring (bicyclic) bond motifs is 1. The van der Waals surface area contributed by atoms with E-state index < -0.39 is 24.4 Å². The van der Waals surface area contributed by atoms with Gasteiger partial charge in [0.25, 0.3) is 0 Å². The van der Waals surface area contributed by atoms with Crippen molar-refractivity contribution in [2.75, 3.05) is 0 Å². The van der Waals surface area contributed by atoms with E-state index in [-0.39, 0.29) is 0 Å². The lowest BCUT2D eigenvalue weighted by Crippen LogP contribution is -2.32. The van der Waals surface area contributed by atoms with Crippen LogP contribution >= 0.6 is 0 Å². The largest absolute Gasteiger partial charge is 0.388 e. The van der Waals surface area contributed by atoms with Gasteiger partial charge in [0.2, 0.25) is 0 Å². The number of hydrogen-bond acceptors (Lipinski definition) is 7. The van der Waals surface area contributed by atoms with Gasteiger partial charge in [-0.3, -0.25) is 14.6 Å². The number of aliphatic hydroxyl groups is 2. The summed E-state index contributed by atoms with van der Waals surface area (Å²) in [6, 6.07) is 13.2. The molecule has 1 aliphatic heterocycles. The number of para-hydroxylation sites is 1. The van der Waals surface area contributed by atoms with E-state index in [1.807, 2.05) is 47.0 Å². The zero-order chi connectivity index (χ0) is 20.7. The van der Waals surface area contributed by atoms with Gasteiger partial charge in [0.05, 0.1) is 29.6 Å². The van der Waals surface area contributed by atoms with Crippen molar-refractivity contribution < 1.29 is 14.9 Å². The van der Waals surface area contributed by atoms with Crippen molar-refractivity contribution in [3.05, 3.63) is 72.4 Å². The molecule has 1 aromatic carbocycles. The fourth-order valence-electron chi connectivity index (χ4n) is 3.66. The molecule has 0 radical (unpaired) electrons. The van der Waals surface area contributed by atoms with Crippen LogP contribution in [0.15, 0.2) is 66.0 Å². The standard InChI is InChI=1S/C21H20N6O3/c1-12-16(28)17(29)18(30-12)21-25-19-15(11-23-26-19)20(24-13-6-5-9-22-10-13)27(21)14-7-3-2-4-8-14/h2-12,16-18,28-29H,1H3,(H,23,26)/t12-,16+,17+,18+/m0/s1. The van der Waals surface area contributed by atoms with Crippen molar-refractivity contribution in [2.24, 2.45) is 4.99 Å². The molecule has 152 valence electrons. The number of nitrogens with one attached hydrogen (secondary N) is 1. The Morgan fingerprint density at radius 2 is 1.90 bits per heavy atom. The van der Waals surface area contributed by atoms with Crippen LogP contribution in [0.5, 0.6) is 0 Å². The maximum atomic E-state index is 10.7. The third kappa shape index (κ3) is 3.09. The number of ether oxygens (including phenoxy) is 1.